The summed E-state index contributed by atoms with van der Waals surface area (Å²) in [5, 5.41) is 4.22. The predicted molar refractivity (Wildman–Crippen MR) is 127 cm³/mol. The van der Waals surface area contributed by atoms with Gasteiger partial charge in [-0.2, -0.15) is 13.2 Å². The highest BCUT2D eigenvalue weighted by molar-refractivity contribution is 5.93. The number of hydrogen-bond donors (Lipinski definition) is 1. The summed E-state index contributed by atoms with van der Waals surface area (Å²) in [6.45, 7) is 2.73. The Balaban J connectivity index is 1.76. The van der Waals surface area contributed by atoms with Gasteiger partial charge in [0, 0.05) is 24.0 Å². The molecule has 0 unspecified atom stereocenters. The van der Waals surface area contributed by atoms with Gasteiger partial charge < -0.3 is 14.6 Å². The summed E-state index contributed by atoms with van der Waals surface area (Å²) in [6, 6.07) is 22.9. The molecule has 3 aromatic carbocycles. The van der Waals surface area contributed by atoms with Gasteiger partial charge in [-0.3, -0.25) is 4.79 Å². The zero-order valence-corrected chi connectivity index (χ0v) is 18.7. The number of benzene rings is 3. The monoisotopic (exact) mass is 466 g/mol. The van der Waals surface area contributed by atoms with E-state index in [0.29, 0.717) is 17.9 Å². The number of nitrogens with zero attached hydrogens (tertiary/aromatic N) is 1. The number of ether oxygens (including phenoxy) is 1. The minimum absolute atomic E-state index is 0.0566. The lowest BCUT2D eigenvalue weighted by Gasteiger charge is -2.16. The van der Waals surface area contributed by atoms with Gasteiger partial charge in [-0.1, -0.05) is 60.7 Å². The summed E-state index contributed by atoms with van der Waals surface area (Å²) in [7, 11) is 0. The quantitative estimate of drug-likeness (QED) is 0.305. The fourth-order valence-electron chi connectivity index (χ4n) is 4.09. The van der Waals surface area contributed by atoms with Crippen molar-refractivity contribution in [2.75, 3.05) is 11.9 Å². The molecule has 0 aliphatic rings. The Bertz CT molecular complexity index is 1280. The van der Waals surface area contributed by atoms with Crippen molar-refractivity contribution in [2.45, 2.75) is 32.6 Å². The third-order valence-electron chi connectivity index (χ3n) is 5.60. The van der Waals surface area contributed by atoms with E-state index in [2.05, 4.69) is 9.88 Å². The largest absolute Gasteiger partial charge is 0.466 e. The van der Waals surface area contributed by atoms with E-state index >= 15 is 0 Å². The number of para-hydroxylation sites is 1. The standard InChI is InChI=1S/C27H25F3N2O2/c1-2-34-25(33)16-23-22-13-6-7-14-24(22)32(18-19-9-4-3-5-10-19)26(23)31-17-20-11-8-12-21(15-20)27(28,29)30/h3-15,31H,2,16-18H2,1H3. The van der Waals surface area contributed by atoms with Crippen molar-refractivity contribution < 1.29 is 22.7 Å². The third kappa shape index (κ3) is 5.25. The van der Waals surface area contributed by atoms with Gasteiger partial charge in [-0.05, 0) is 36.2 Å². The van der Waals surface area contributed by atoms with Gasteiger partial charge >= 0.3 is 12.1 Å². The highest BCUT2D eigenvalue weighted by atomic mass is 19.4. The Labute approximate surface area is 196 Å². The first kappa shape index (κ1) is 23.4. The highest BCUT2D eigenvalue weighted by Gasteiger charge is 2.30. The van der Waals surface area contributed by atoms with Gasteiger partial charge in [0.15, 0.2) is 0 Å². The zero-order valence-electron chi connectivity index (χ0n) is 18.7. The van der Waals surface area contributed by atoms with Crippen molar-refractivity contribution in [1.82, 2.24) is 4.57 Å². The van der Waals surface area contributed by atoms with E-state index in [0.717, 1.165) is 34.2 Å². The van der Waals surface area contributed by atoms with E-state index in [9.17, 15) is 18.0 Å². The van der Waals surface area contributed by atoms with Crippen LogP contribution in [0, 0.1) is 0 Å². The first-order valence-electron chi connectivity index (χ1n) is 11.1. The van der Waals surface area contributed by atoms with Crippen molar-refractivity contribution in [3.05, 3.63) is 101 Å². The molecule has 1 N–H and O–H groups in total. The van der Waals surface area contributed by atoms with Crippen molar-refractivity contribution in [2.24, 2.45) is 0 Å². The van der Waals surface area contributed by atoms with E-state index in [1.807, 2.05) is 54.6 Å². The molecule has 0 bridgehead atoms. The molecule has 0 atom stereocenters. The Hall–Kier alpha value is -3.74. The molecule has 0 spiro atoms. The Kier molecular flexibility index (Phi) is 6.91. The van der Waals surface area contributed by atoms with Gasteiger partial charge in [-0.15, -0.1) is 0 Å². The molecule has 176 valence electrons. The molecule has 0 saturated carbocycles. The maximum absolute atomic E-state index is 13.2. The molecule has 1 heterocycles. The summed E-state index contributed by atoms with van der Waals surface area (Å²) >= 11 is 0. The molecule has 0 saturated heterocycles. The molecule has 0 fully saturated rings. The van der Waals surface area contributed by atoms with E-state index in [1.165, 1.54) is 6.07 Å². The number of aromatic nitrogens is 1. The van der Waals surface area contributed by atoms with Crippen LogP contribution in [0.3, 0.4) is 0 Å². The SMILES string of the molecule is CCOC(=O)Cc1c(NCc2cccc(C(F)(F)F)c2)n(Cc2ccccc2)c2ccccc12. The van der Waals surface area contributed by atoms with E-state index in [1.54, 1.807) is 13.0 Å². The lowest BCUT2D eigenvalue weighted by molar-refractivity contribution is -0.142. The predicted octanol–water partition coefficient (Wildman–Crippen LogP) is 6.43. The number of carbonyl (C=O) groups is 1. The van der Waals surface area contributed by atoms with Crippen LogP contribution < -0.4 is 5.32 Å². The number of anilines is 1. The van der Waals surface area contributed by atoms with E-state index in [-0.39, 0.29) is 25.5 Å². The second-order valence-electron chi connectivity index (χ2n) is 7.95. The molecule has 4 aromatic rings. The van der Waals surface area contributed by atoms with Gasteiger partial charge in [0.2, 0.25) is 0 Å². The number of alkyl halides is 3. The van der Waals surface area contributed by atoms with Crippen molar-refractivity contribution in [3.8, 4) is 0 Å². The molecule has 0 radical (unpaired) electrons. The molecule has 4 rings (SSSR count). The lowest BCUT2D eigenvalue weighted by atomic mass is 10.1. The summed E-state index contributed by atoms with van der Waals surface area (Å²) in [5.41, 5.74) is 2.55. The second kappa shape index (κ2) is 10.0. The van der Waals surface area contributed by atoms with Crippen LogP contribution in [0.15, 0.2) is 78.9 Å². The molecule has 0 aliphatic heterocycles. The van der Waals surface area contributed by atoms with Crippen molar-refractivity contribution in [1.29, 1.82) is 0 Å². The Morgan fingerprint density at radius 3 is 2.38 bits per heavy atom. The maximum Gasteiger partial charge on any atom is 0.416 e. The Morgan fingerprint density at radius 2 is 1.65 bits per heavy atom. The molecule has 1 aromatic heterocycles. The smallest absolute Gasteiger partial charge is 0.416 e. The number of rotatable bonds is 8. The van der Waals surface area contributed by atoms with Crippen LogP contribution in [0.2, 0.25) is 0 Å². The fraction of sp³-hybridized carbons (Fsp3) is 0.222. The molecular weight excluding hydrogens is 441 g/mol. The van der Waals surface area contributed by atoms with E-state index < -0.39 is 11.7 Å². The van der Waals surface area contributed by atoms with Crippen LogP contribution in [-0.2, 0) is 35.2 Å². The van der Waals surface area contributed by atoms with Gasteiger partial charge in [0.1, 0.15) is 5.82 Å². The van der Waals surface area contributed by atoms with Crippen molar-refractivity contribution in [3.63, 3.8) is 0 Å². The maximum atomic E-state index is 13.2. The van der Waals surface area contributed by atoms with E-state index in [4.69, 9.17) is 4.74 Å². The van der Waals surface area contributed by atoms with Crippen LogP contribution >= 0.6 is 0 Å². The number of nitrogens with one attached hydrogen (secondary N) is 1. The lowest BCUT2D eigenvalue weighted by Crippen LogP contribution is -2.13. The molecule has 0 aliphatic carbocycles. The average molecular weight is 467 g/mol. The topological polar surface area (TPSA) is 43.3 Å². The first-order valence-corrected chi connectivity index (χ1v) is 11.1. The summed E-state index contributed by atoms with van der Waals surface area (Å²) in [5.74, 6) is 0.336. The van der Waals surface area contributed by atoms with Gasteiger partial charge in [0.05, 0.1) is 24.1 Å². The number of hydrogen-bond acceptors (Lipinski definition) is 3. The number of carbonyl (C=O) groups excluding carboxylic acids is 1. The van der Waals surface area contributed by atoms with Crippen LogP contribution in [-0.4, -0.2) is 17.1 Å². The minimum Gasteiger partial charge on any atom is -0.466 e. The minimum atomic E-state index is -4.41. The first-order chi connectivity index (χ1) is 16.4. The Morgan fingerprint density at radius 1 is 0.941 bits per heavy atom. The fourth-order valence-corrected chi connectivity index (χ4v) is 4.09. The normalized spacial score (nSPS) is 11.5. The molecule has 34 heavy (non-hydrogen) atoms. The summed E-state index contributed by atoms with van der Waals surface area (Å²) < 4.78 is 46.8. The van der Waals surface area contributed by atoms with Crippen LogP contribution in [0.5, 0.6) is 0 Å². The number of fused-ring (bicyclic) bond motifs is 1. The second-order valence-corrected chi connectivity index (χ2v) is 7.95. The summed E-state index contributed by atoms with van der Waals surface area (Å²) in [6.07, 6.45) is -4.35. The molecular formula is C27H25F3N2O2. The van der Waals surface area contributed by atoms with Gasteiger partial charge in [0.25, 0.3) is 0 Å². The van der Waals surface area contributed by atoms with Crippen molar-refractivity contribution >= 4 is 22.7 Å². The zero-order chi connectivity index (χ0) is 24.1. The number of halogens is 3. The molecule has 7 heteroatoms. The molecule has 0 amide bonds. The van der Waals surface area contributed by atoms with Gasteiger partial charge in [-0.25, -0.2) is 0 Å². The average Bonchev–Trinajstić information content (AvgIpc) is 3.10. The molecule has 4 nitrogen and oxygen atoms in total. The van der Waals surface area contributed by atoms with Crippen LogP contribution in [0.25, 0.3) is 10.9 Å². The third-order valence-corrected chi connectivity index (χ3v) is 5.60. The number of esters is 1. The highest BCUT2D eigenvalue weighted by Crippen LogP contribution is 2.33. The van der Waals surface area contributed by atoms with Crippen LogP contribution in [0.4, 0.5) is 19.0 Å². The summed E-state index contributed by atoms with van der Waals surface area (Å²) in [4.78, 5) is 12.4. The van der Waals surface area contributed by atoms with Crippen LogP contribution in [0.1, 0.15) is 29.2 Å².